The van der Waals surface area contributed by atoms with E-state index in [4.69, 9.17) is 10.5 Å². The standard InChI is InChI=1S/C19H27F3N2O3/c1-11-5-12(9-18(2,3)8-11)24-15-7-16(27-10-19(20,21)22)13(6-14(15)23)17(25)26-4/h6-7,11-12,24H,5,8-10,23H2,1-4H3. The molecule has 1 aliphatic carbocycles. The van der Waals surface area contributed by atoms with Crippen LogP contribution in [0.3, 0.4) is 0 Å². The first kappa shape index (κ1) is 21.2. The highest BCUT2D eigenvalue weighted by atomic mass is 19.4. The Morgan fingerprint density at radius 1 is 1.33 bits per heavy atom. The third kappa shape index (κ3) is 5.94. The third-order valence-electron chi connectivity index (χ3n) is 4.69. The Hall–Kier alpha value is -2.12. The van der Waals surface area contributed by atoms with Crippen LogP contribution in [0.25, 0.3) is 0 Å². The lowest BCUT2D eigenvalue weighted by molar-refractivity contribution is -0.153. The van der Waals surface area contributed by atoms with Crippen LogP contribution in [-0.2, 0) is 4.74 Å². The molecule has 3 N–H and O–H groups in total. The zero-order valence-electron chi connectivity index (χ0n) is 16.1. The minimum absolute atomic E-state index is 0.130. The maximum Gasteiger partial charge on any atom is 0.422 e. The molecule has 5 nitrogen and oxygen atoms in total. The molecule has 0 heterocycles. The number of methoxy groups -OCH3 is 1. The van der Waals surface area contributed by atoms with Gasteiger partial charge in [0.1, 0.15) is 11.3 Å². The van der Waals surface area contributed by atoms with Crippen molar-refractivity contribution in [1.29, 1.82) is 0 Å². The van der Waals surface area contributed by atoms with Gasteiger partial charge in [-0.05, 0) is 36.7 Å². The van der Waals surface area contributed by atoms with Crippen molar-refractivity contribution in [2.75, 3.05) is 24.8 Å². The minimum Gasteiger partial charge on any atom is -0.483 e. The Morgan fingerprint density at radius 3 is 2.56 bits per heavy atom. The van der Waals surface area contributed by atoms with Gasteiger partial charge in [-0.25, -0.2) is 4.79 Å². The number of benzene rings is 1. The number of nitrogens with one attached hydrogen (secondary N) is 1. The van der Waals surface area contributed by atoms with Crippen LogP contribution >= 0.6 is 0 Å². The van der Waals surface area contributed by atoms with Crippen LogP contribution in [0.15, 0.2) is 12.1 Å². The van der Waals surface area contributed by atoms with Crippen LogP contribution in [0.4, 0.5) is 24.5 Å². The predicted octanol–water partition coefficient (Wildman–Crippen LogP) is 4.62. The van der Waals surface area contributed by atoms with E-state index in [0.29, 0.717) is 11.6 Å². The van der Waals surface area contributed by atoms with Crippen molar-refractivity contribution in [2.24, 2.45) is 11.3 Å². The molecule has 1 fully saturated rings. The number of rotatable bonds is 5. The Balaban J connectivity index is 2.29. The van der Waals surface area contributed by atoms with Gasteiger partial charge in [0.2, 0.25) is 0 Å². The molecule has 0 bridgehead atoms. The van der Waals surface area contributed by atoms with Gasteiger partial charge in [-0.1, -0.05) is 20.8 Å². The van der Waals surface area contributed by atoms with Gasteiger partial charge in [0.05, 0.1) is 18.5 Å². The molecule has 27 heavy (non-hydrogen) atoms. The summed E-state index contributed by atoms with van der Waals surface area (Å²) in [6.07, 6.45) is -1.57. The third-order valence-corrected chi connectivity index (χ3v) is 4.69. The molecular formula is C19H27F3N2O3. The fourth-order valence-corrected chi connectivity index (χ4v) is 3.95. The summed E-state index contributed by atoms with van der Waals surface area (Å²) in [5, 5.41) is 3.32. The molecule has 0 aliphatic heterocycles. The van der Waals surface area contributed by atoms with E-state index in [-0.39, 0.29) is 28.5 Å². The molecular weight excluding hydrogens is 361 g/mol. The second-order valence-electron chi connectivity index (χ2n) is 8.09. The van der Waals surface area contributed by atoms with Crippen LogP contribution in [0.5, 0.6) is 5.75 Å². The molecule has 8 heteroatoms. The monoisotopic (exact) mass is 388 g/mol. The van der Waals surface area contributed by atoms with E-state index in [0.717, 1.165) is 26.4 Å². The maximum absolute atomic E-state index is 12.6. The number of esters is 1. The van der Waals surface area contributed by atoms with Gasteiger partial charge in [-0.2, -0.15) is 13.2 Å². The summed E-state index contributed by atoms with van der Waals surface area (Å²) in [5.41, 5.74) is 6.77. The van der Waals surface area contributed by atoms with Crippen LogP contribution in [0, 0.1) is 11.3 Å². The minimum atomic E-state index is -4.52. The lowest BCUT2D eigenvalue weighted by atomic mass is 9.70. The van der Waals surface area contributed by atoms with Crippen molar-refractivity contribution in [3.63, 3.8) is 0 Å². The number of alkyl halides is 3. The topological polar surface area (TPSA) is 73.6 Å². The van der Waals surface area contributed by atoms with Gasteiger partial charge >= 0.3 is 12.1 Å². The summed E-state index contributed by atoms with van der Waals surface area (Å²) in [4.78, 5) is 11.9. The Bertz CT molecular complexity index is 690. The van der Waals surface area contributed by atoms with E-state index in [2.05, 4.69) is 30.8 Å². The summed E-state index contributed by atoms with van der Waals surface area (Å²) in [5.74, 6) is -0.500. The van der Waals surface area contributed by atoms with Gasteiger partial charge in [-0.3, -0.25) is 0 Å². The SMILES string of the molecule is COC(=O)c1cc(N)c(NC2CC(C)CC(C)(C)C2)cc1OCC(F)(F)F. The number of carbonyl (C=O) groups excluding carboxylic acids is 1. The summed E-state index contributed by atoms with van der Waals surface area (Å²) >= 11 is 0. The van der Waals surface area contributed by atoms with Gasteiger partial charge in [-0.15, -0.1) is 0 Å². The molecule has 1 aliphatic rings. The lowest BCUT2D eigenvalue weighted by Gasteiger charge is -2.39. The van der Waals surface area contributed by atoms with Crippen LogP contribution in [-0.4, -0.2) is 31.9 Å². The van der Waals surface area contributed by atoms with Crippen molar-refractivity contribution in [3.05, 3.63) is 17.7 Å². The van der Waals surface area contributed by atoms with E-state index < -0.39 is 18.8 Å². The van der Waals surface area contributed by atoms with E-state index in [1.54, 1.807) is 0 Å². The average molecular weight is 388 g/mol. The average Bonchev–Trinajstić information content (AvgIpc) is 2.51. The van der Waals surface area contributed by atoms with Crippen LogP contribution < -0.4 is 15.8 Å². The van der Waals surface area contributed by atoms with Crippen molar-refractivity contribution < 1.29 is 27.4 Å². The molecule has 0 aromatic heterocycles. The van der Waals surface area contributed by atoms with Crippen LogP contribution in [0.2, 0.25) is 0 Å². The summed E-state index contributed by atoms with van der Waals surface area (Å²) in [6, 6.07) is 2.77. The molecule has 1 saturated carbocycles. The number of anilines is 2. The quantitative estimate of drug-likeness (QED) is 0.569. The number of hydrogen-bond donors (Lipinski definition) is 2. The van der Waals surface area contributed by atoms with Gasteiger partial charge in [0.25, 0.3) is 0 Å². The smallest absolute Gasteiger partial charge is 0.422 e. The Kier molecular flexibility index (Phi) is 6.17. The number of halogens is 3. The van der Waals surface area contributed by atoms with E-state index in [1.165, 1.54) is 12.1 Å². The largest absolute Gasteiger partial charge is 0.483 e. The molecule has 2 unspecified atom stereocenters. The second-order valence-corrected chi connectivity index (χ2v) is 8.09. The molecule has 0 amide bonds. The zero-order valence-corrected chi connectivity index (χ0v) is 16.1. The first-order valence-corrected chi connectivity index (χ1v) is 8.88. The fourth-order valence-electron chi connectivity index (χ4n) is 3.95. The molecule has 0 spiro atoms. The summed E-state index contributed by atoms with van der Waals surface area (Å²) in [6.45, 7) is 5.06. The molecule has 2 rings (SSSR count). The Morgan fingerprint density at radius 2 is 2.00 bits per heavy atom. The highest BCUT2D eigenvalue weighted by molar-refractivity contribution is 5.95. The molecule has 1 aromatic carbocycles. The van der Waals surface area contributed by atoms with E-state index in [1.807, 2.05) is 0 Å². The molecule has 1 aromatic rings. The van der Waals surface area contributed by atoms with E-state index in [9.17, 15) is 18.0 Å². The van der Waals surface area contributed by atoms with Crippen LogP contribution in [0.1, 0.15) is 50.4 Å². The van der Waals surface area contributed by atoms with Crippen molar-refractivity contribution in [2.45, 2.75) is 52.3 Å². The van der Waals surface area contributed by atoms with Gasteiger partial charge in [0, 0.05) is 12.1 Å². The van der Waals surface area contributed by atoms with Crippen molar-refractivity contribution in [1.82, 2.24) is 0 Å². The normalized spacial score (nSPS) is 22.2. The van der Waals surface area contributed by atoms with Crippen molar-refractivity contribution in [3.8, 4) is 5.75 Å². The number of nitrogen functional groups attached to an aromatic ring is 1. The van der Waals surface area contributed by atoms with Crippen molar-refractivity contribution >= 4 is 17.3 Å². The lowest BCUT2D eigenvalue weighted by Crippen LogP contribution is -2.35. The molecule has 2 atom stereocenters. The number of nitrogens with two attached hydrogens (primary N) is 1. The summed E-state index contributed by atoms with van der Waals surface area (Å²) < 4.78 is 47.1. The molecule has 0 radical (unpaired) electrons. The highest BCUT2D eigenvalue weighted by Crippen LogP contribution is 2.41. The van der Waals surface area contributed by atoms with E-state index >= 15 is 0 Å². The first-order chi connectivity index (χ1) is 12.4. The number of carbonyl (C=O) groups is 1. The maximum atomic E-state index is 12.6. The second kappa shape index (κ2) is 7.86. The highest BCUT2D eigenvalue weighted by Gasteiger charge is 2.33. The van der Waals surface area contributed by atoms with Gasteiger partial charge < -0.3 is 20.5 Å². The Labute approximate surface area is 157 Å². The summed E-state index contributed by atoms with van der Waals surface area (Å²) in [7, 11) is 1.14. The molecule has 0 saturated heterocycles. The number of ether oxygens (including phenoxy) is 2. The fraction of sp³-hybridized carbons (Fsp3) is 0.632. The number of hydrogen-bond acceptors (Lipinski definition) is 5. The van der Waals surface area contributed by atoms with Gasteiger partial charge in [0.15, 0.2) is 6.61 Å². The first-order valence-electron chi connectivity index (χ1n) is 8.88. The zero-order chi connectivity index (χ0) is 20.4. The predicted molar refractivity (Wildman–Crippen MR) is 98.0 cm³/mol. The molecule has 152 valence electrons.